The molecular formula is C22H19ClN4O3S. The van der Waals surface area contributed by atoms with Gasteiger partial charge in [-0.15, -0.1) is 0 Å². The quantitative estimate of drug-likeness (QED) is 0.462. The predicted molar refractivity (Wildman–Crippen MR) is 120 cm³/mol. The largest absolute Gasteiger partial charge is 0.461 e. The Hall–Kier alpha value is -2.94. The fraction of sp³-hybridized carbons (Fsp3) is 0.182. The molecule has 158 valence electrons. The molecule has 7 nitrogen and oxygen atoms in total. The Kier molecular flexibility index (Phi) is 5.13. The first kappa shape index (κ1) is 20.0. The normalized spacial score (nSPS) is 15.5. The molecule has 0 unspecified atom stereocenters. The molecule has 9 heteroatoms. The van der Waals surface area contributed by atoms with E-state index in [9.17, 15) is 8.42 Å². The minimum Gasteiger partial charge on any atom is -0.461 e. The van der Waals surface area contributed by atoms with Crippen molar-refractivity contribution in [3.8, 4) is 11.6 Å². The van der Waals surface area contributed by atoms with E-state index >= 15 is 0 Å². The summed E-state index contributed by atoms with van der Waals surface area (Å²) in [4.78, 5) is 11.7. The first-order chi connectivity index (χ1) is 15.0. The zero-order chi connectivity index (χ0) is 21.4. The summed E-state index contributed by atoms with van der Waals surface area (Å²) in [6.45, 7) is 1.76. The Bertz CT molecular complexity index is 1320. The molecule has 0 N–H and O–H groups in total. The van der Waals surface area contributed by atoms with Crippen LogP contribution in [0.25, 0.3) is 22.5 Å². The van der Waals surface area contributed by atoms with Gasteiger partial charge in [-0.05, 0) is 48.5 Å². The third-order valence-electron chi connectivity index (χ3n) is 5.31. The van der Waals surface area contributed by atoms with Crippen LogP contribution in [-0.2, 0) is 10.0 Å². The first-order valence-corrected chi connectivity index (χ1v) is 11.7. The van der Waals surface area contributed by atoms with Crippen molar-refractivity contribution in [2.45, 2.75) is 4.90 Å². The highest BCUT2D eigenvalue weighted by Gasteiger charge is 2.29. The van der Waals surface area contributed by atoms with Crippen LogP contribution in [-0.4, -0.2) is 48.9 Å². The summed E-state index contributed by atoms with van der Waals surface area (Å²) in [5.74, 6) is 1.88. The Labute approximate surface area is 184 Å². The third-order valence-corrected chi connectivity index (χ3v) is 7.48. The number of hydrogen-bond acceptors (Lipinski definition) is 6. The molecule has 0 atom stereocenters. The molecule has 5 rings (SSSR count). The van der Waals surface area contributed by atoms with E-state index in [-0.39, 0.29) is 4.90 Å². The van der Waals surface area contributed by atoms with Gasteiger partial charge in [0.15, 0.2) is 11.6 Å². The number of benzene rings is 2. The third kappa shape index (κ3) is 3.78. The molecule has 0 spiro atoms. The number of piperazine rings is 1. The Morgan fingerprint density at radius 3 is 2.32 bits per heavy atom. The highest BCUT2D eigenvalue weighted by Crippen LogP contribution is 2.29. The van der Waals surface area contributed by atoms with Crippen LogP contribution in [0.1, 0.15) is 0 Å². The summed E-state index contributed by atoms with van der Waals surface area (Å²) in [5, 5.41) is 1.43. The van der Waals surface area contributed by atoms with Gasteiger partial charge in [0.25, 0.3) is 0 Å². The van der Waals surface area contributed by atoms with Crippen molar-refractivity contribution >= 4 is 38.3 Å². The van der Waals surface area contributed by atoms with Gasteiger partial charge in [0.05, 0.1) is 16.7 Å². The Morgan fingerprint density at radius 2 is 1.61 bits per heavy atom. The minimum atomic E-state index is -3.57. The lowest BCUT2D eigenvalue weighted by atomic mass is 10.2. The van der Waals surface area contributed by atoms with E-state index in [0.29, 0.717) is 42.8 Å². The highest BCUT2D eigenvalue weighted by atomic mass is 35.5. The smallest absolute Gasteiger partial charge is 0.243 e. The molecule has 3 heterocycles. The summed E-state index contributed by atoms with van der Waals surface area (Å²) in [7, 11) is -3.57. The van der Waals surface area contributed by atoms with Gasteiger partial charge in [-0.1, -0.05) is 23.7 Å². The number of para-hydroxylation sites is 1. The second-order valence-corrected chi connectivity index (χ2v) is 9.58. The second-order valence-electron chi connectivity index (χ2n) is 7.21. The average Bonchev–Trinajstić information content (AvgIpc) is 3.34. The molecule has 31 heavy (non-hydrogen) atoms. The average molecular weight is 455 g/mol. The van der Waals surface area contributed by atoms with Gasteiger partial charge in [0.1, 0.15) is 5.82 Å². The number of anilines is 1. The van der Waals surface area contributed by atoms with E-state index in [4.69, 9.17) is 21.0 Å². The Morgan fingerprint density at radius 1 is 0.871 bits per heavy atom. The molecule has 1 aliphatic rings. The van der Waals surface area contributed by atoms with E-state index in [2.05, 4.69) is 9.88 Å². The van der Waals surface area contributed by atoms with Crippen LogP contribution in [0.15, 0.2) is 76.2 Å². The van der Waals surface area contributed by atoms with Gasteiger partial charge in [0, 0.05) is 36.6 Å². The van der Waals surface area contributed by atoms with Crippen LogP contribution >= 0.6 is 11.6 Å². The van der Waals surface area contributed by atoms with E-state index < -0.39 is 10.0 Å². The molecule has 4 aromatic rings. The maximum atomic E-state index is 13.0. The maximum Gasteiger partial charge on any atom is 0.243 e. The summed E-state index contributed by atoms with van der Waals surface area (Å²) in [6, 6.07) is 17.7. The number of aromatic nitrogens is 2. The molecule has 0 amide bonds. The zero-order valence-electron chi connectivity index (χ0n) is 16.5. The van der Waals surface area contributed by atoms with Gasteiger partial charge in [-0.25, -0.2) is 18.4 Å². The topological polar surface area (TPSA) is 79.5 Å². The number of furan rings is 1. The minimum absolute atomic E-state index is 0.248. The lowest BCUT2D eigenvalue weighted by Crippen LogP contribution is -2.49. The van der Waals surface area contributed by atoms with Crippen LogP contribution < -0.4 is 4.90 Å². The predicted octanol–water partition coefficient (Wildman–Crippen LogP) is 4.05. The molecule has 1 fully saturated rings. The number of hydrogen-bond donors (Lipinski definition) is 0. The van der Waals surface area contributed by atoms with Gasteiger partial charge in [-0.3, -0.25) is 0 Å². The SMILES string of the molecule is O=S(=O)(c1ccc(Cl)cc1)N1CCN(c2nc(-c3ccco3)nc3ccccc23)CC1. The molecular weight excluding hydrogens is 436 g/mol. The van der Waals surface area contributed by atoms with Gasteiger partial charge in [0.2, 0.25) is 10.0 Å². The first-order valence-electron chi connectivity index (χ1n) is 9.84. The standard InChI is InChI=1S/C22H19ClN4O3S/c23-16-7-9-17(10-8-16)31(28,29)27-13-11-26(12-14-27)22-18-4-1-2-5-19(18)24-21(25-22)20-6-3-15-30-20/h1-10,15H,11-14H2. The van der Waals surface area contributed by atoms with Crippen molar-refractivity contribution in [1.29, 1.82) is 0 Å². The van der Waals surface area contributed by atoms with E-state index in [1.165, 1.54) is 16.4 Å². The van der Waals surface area contributed by atoms with Gasteiger partial charge in [-0.2, -0.15) is 4.31 Å². The summed E-state index contributed by atoms with van der Waals surface area (Å²) in [6.07, 6.45) is 1.59. The van der Waals surface area contributed by atoms with Crippen LogP contribution in [0.3, 0.4) is 0 Å². The molecule has 1 saturated heterocycles. The lowest BCUT2D eigenvalue weighted by Gasteiger charge is -2.35. The summed E-state index contributed by atoms with van der Waals surface area (Å²) >= 11 is 5.90. The molecule has 0 radical (unpaired) electrons. The molecule has 0 saturated carbocycles. The molecule has 0 bridgehead atoms. The van der Waals surface area contributed by atoms with Gasteiger partial charge >= 0.3 is 0 Å². The number of halogens is 1. The monoisotopic (exact) mass is 454 g/mol. The summed E-state index contributed by atoms with van der Waals surface area (Å²) < 4.78 is 33.0. The fourth-order valence-corrected chi connectivity index (χ4v) is 5.26. The maximum absolute atomic E-state index is 13.0. The number of nitrogens with zero attached hydrogens (tertiary/aromatic N) is 4. The highest BCUT2D eigenvalue weighted by molar-refractivity contribution is 7.89. The van der Waals surface area contributed by atoms with E-state index in [1.807, 2.05) is 30.3 Å². The second kappa shape index (κ2) is 7.96. The zero-order valence-corrected chi connectivity index (χ0v) is 18.1. The van der Waals surface area contributed by atoms with E-state index in [0.717, 1.165) is 16.7 Å². The van der Waals surface area contributed by atoms with Crippen LogP contribution in [0.2, 0.25) is 5.02 Å². The Balaban J connectivity index is 1.43. The van der Waals surface area contributed by atoms with Gasteiger partial charge < -0.3 is 9.32 Å². The molecule has 0 aliphatic carbocycles. The number of rotatable bonds is 4. The van der Waals surface area contributed by atoms with Crippen molar-refractivity contribution in [2.24, 2.45) is 0 Å². The van der Waals surface area contributed by atoms with Crippen LogP contribution in [0, 0.1) is 0 Å². The van der Waals surface area contributed by atoms with Crippen LogP contribution in [0.4, 0.5) is 5.82 Å². The lowest BCUT2D eigenvalue weighted by molar-refractivity contribution is 0.384. The van der Waals surface area contributed by atoms with Crippen molar-refractivity contribution < 1.29 is 12.8 Å². The number of fused-ring (bicyclic) bond motifs is 1. The van der Waals surface area contributed by atoms with Crippen molar-refractivity contribution in [2.75, 3.05) is 31.1 Å². The molecule has 1 aliphatic heterocycles. The van der Waals surface area contributed by atoms with E-state index in [1.54, 1.807) is 24.5 Å². The molecule has 2 aromatic heterocycles. The summed E-state index contributed by atoms with van der Waals surface area (Å²) in [5.41, 5.74) is 0.815. The van der Waals surface area contributed by atoms with Crippen LogP contribution in [0.5, 0.6) is 0 Å². The molecule has 2 aromatic carbocycles. The number of sulfonamides is 1. The van der Waals surface area contributed by atoms with Crippen molar-refractivity contribution in [3.63, 3.8) is 0 Å². The van der Waals surface area contributed by atoms with Crippen molar-refractivity contribution in [1.82, 2.24) is 14.3 Å². The fourth-order valence-electron chi connectivity index (χ4n) is 3.71. The van der Waals surface area contributed by atoms with Crippen molar-refractivity contribution in [3.05, 3.63) is 71.9 Å².